The molecule has 3 aliphatic carbocycles. The van der Waals surface area contributed by atoms with E-state index in [1.165, 1.54) is 127 Å². The van der Waals surface area contributed by atoms with Crippen LogP contribution in [0.15, 0.2) is 206 Å². The minimum atomic E-state index is -0.418. The molecule has 0 spiro atoms. The van der Waals surface area contributed by atoms with E-state index in [9.17, 15) is 0 Å². The zero-order valence-electron chi connectivity index (χ0n) is 35.9. The van der Waals surface area contributed by atoms with E-state index >= 15 is 0 Å². The molecule has 3 aliphatic rings. The standard InChI is InChI=1S/C63H43N/c1-62(2)52-26-10-8-23-48(52)50-25-13-19-43(60(50)62)38-44(37-42-18-12-16-40-15-6-7-22-47(40)42)39-29-32-46(33-30-39)64-55-35-31-41-17-14-28-54-57(41)58(55)59-56(64)36-34-51-49-24-9-11-27-53(49)63(54,61(51)59)45-20-4-3-5-21-45/h3-36,38H,37H2,1-2H3/b44-38-. The molecule has 0 aliphatic heterocycles. The maximum atomic E-state index is 2.53. The van der Waals surface area contributed by atoms with Crippen LogP contribution in [0.5, 0.6) is 0 Å². The first-order chi connectivity index (χ1) is 31.5. The summed E-state index contributed by atoms with van der Waals surface area (Å²) in [6, 6.07) is 77.7. The second kappa shape index (κ2) is 12.9. The molecule has 10 aromatic carbocycles. The number of hydrogen-bond acceptors (Lipinski definition) is 0. The predicted octanol–water partition coefficient (Wildman–Crippen LogP) is 15.9. The highest BCUT2D eigenvalue weighted by Gasteiger charge is 2.50. The summed E-state index contributed by atoms with van der Waals surface area (Å²) in [5.74, 6) is 0. The summed E-state index contributed by atoms with van der Waals surface area (Å²) in [6.45, 7) is 4.78. The molecule has 0 amide bonds. The molecule has 1 atom stereocenters. The minimum absolute atomic E-state index is 0.114. The van der Waals surface area contributed by atoms with E-state index in [0.29, 0.717) is 0 Å². The van der Waals surface area contributed by atoms with Crippen molar-refractivity contribution in [2.45, 2.75) is 31.1 Å². The highest BCUT2D eigenvalue weighted by Crippen LogP contribution is 2.63. The van der Waals surface area contributed by atoms with Gasteiger partial charge in [-0.25, -0.2) is 0 Å². The zero-order chi connectivity index (χ0) is 42.3. The molecule has 0 saturated carbocycles. The summed E-state index contributed by atoms with van der Waals surface area (Å²) in [4.78, 5) is 0. The highest BCUT2D eigenvalue weighted by atomic mass is 15.0. The monoisotopic (exact) mass is 813 g/mol. The maximum Gasteiger partial charge on any atom is 0.0726 e. The van der Waals surface area contributed by atoms with E-state index in [2.05, 4.69) is 231 Å². The molecule has 1 aromatic heterocycles. The highest BCUT2D eigenvalue weighted by molar-refractivity contribution is 6.28. The molecule has 0 fully saturated rings. The molecule has 14 rings (SSSR count). The first-order valence-electron chi connectivity index (χ1n) is 22.7. The van der Waals surface area contributed by atoms with Crippen molar-refractivity contribution >= 4 is 55.0 Å². The van der Waals surface area contributed by atoms with Crippen molar-refractivity contribution in [1.29, 1.82) is 0 Å². The van der Waals surface area contributed by atoms with Crippen LogP contribution in [0.1, 0.15) is 63.9 Å². The number of aromatic nitrogens is 1. The second-order valence-electron chi connectivity index (χ2n) is 18.7. The Balaban J connectivity index is 0.986. The van der Waals surface area contributed by atoms with E-state index in [1.807, 2.05) is 0 Å². The van der Waals surface area contributed by atoms with E-state index in [0.717, 1.165) is 6.42 Å². The number of fused-ring (bicyclic) bond motifs is 8. The number of allylic oxidation sites excluding steroid dienone is 1. The van der Waals surface area contributed by atoms with Gasteiger partial charge in [-0.05, 0) is 130 Å². The second-order valence-corrected chi connectivity index (χ2v) is 18.7. The Kier molecular flexibility index (Phi) is 7.22. The van der Waals surface area contributed by atoms with Crippen molar-refractivity contribution in [2.75, 3.05) is 0 Å². The molecule has 300 valence electrons. The first kappa shape index (κ1) is 35.8. The van der Waals surface area contributed by atoms with Gasteiger partial charge in [0.2, 0.25) is 0 Å². The average molecular weight is 814 g/mol. The molecule has 0 bridgehead atoms. The lowest BCUT2D eigenvalue weighted by Crippen LogP contribution is -2.30. The van der Waals surface area contributed by atoms with Gasteiger partial charge in [-0.3, -0.25) is 0 Å². The van der Waals surface area contributed by atoms with E-state index in [4.69, 9.17) is 0 Å². The van der Waals surface area contributed by atoms with Crippen LogP contribution in [0, 0.1) is 0 Å². The van der Waals surface area contributed by atoms with Gasteiger partial charge in [0, 0.05) is 21.9 Å². The summed E-state index contributed by atoms with van der Waals surface area (Å²) >= 11 is 0. The van der Waals surface area contributed by atoms with Crippen LogP contribution in [0.2, 0.25) is 0 Å². The van der Waals surface area contributed by atoms with Crippen LogP contribution in [0.3, 0.4) is 0 Å². The third-order valence-corrected chi connectivity index (χ3v) is 15.2. The van der Waals surface area contributed by atoms with Gasteiger partial charge in [-0.15, -0.1) is 0 Å². The van der Waals surface area contributed by atoms with Gasteiger partial charge in [0.05, 0.1) is 16.4 Å². The fraction of sp³-hybridized carbons (Fsp3) is 0.0794. The molecule has 64 heavy (non-hydrogen) atoms. The molecule has 11 aromatic rings. The SMILES string of the molecule is CC1(C)c2ccccc2-c2cccc(/C=C(/Cc3cccc4ccccc34)c3ccc(-n4c5ccc6c7c5c5c8c(cccc8ccc54)C7(c4ccccc4)c4ccccc4-6)cc3)c21. The van der Waals surface area contributed by atoms with Crippen molar-refractivity contribution in [2.24, 2.45) is 0 Å². The summed E-state index contributed by atoms with van der Waals surface area (Å²) in [7, 11) is 0. The normalized spacial score (nSPS) is 16.3. The Morgan fingerprint density at radius 1 is 0.453 bits per heavy atom. The number of hydrogen-bond donors (Lipinski definition) is 0. The van der Waals surface area contributed by atoms with Gasteiger partial charge in [0.15, 0.2) is 0 Å². The van der Waals surface area contributed by atoms with Crippen LogP contribution in [-0.2, 0) is 17.3 Å². The maximum absolute atomic E-state index is 2.53. The number of nitrogens with zero attached hydrogens (tertiary/aromatic N) is 1. The van der Waals surface area contributed by atoms with Crippen LogP contribution in [0.25, 0.3) is 82.9 Å². The molecule has 1 unspecified atom stereocenters. The lowest BCUT2D eigenvalue weighted by atomic mass is 9.63. The van der Waals surface area contributed by atoms with Crippen molar-refractivity contribution in [3.8, 4) is 27.9 Å². The van der Waals surface area contributed by atoms with Crippen molar-refractivity contribution in [3.63, 3.8) is 0 Å². The van der Waals surface area contributed by atoms with Crippen LogP contribution >= 0.6 is 0 Å². The fourth-order valence-electron chi connectivity index (χ4n) is 12.7. The van der Waals surface area contributed by atoms with Crippen LogP contribution < -0.4 is 0 Å². The first-order valence-corrected chi connectivity index (χ1v) is 22.7. The molecule has 0 N–H and O–H groups in total. The number of rotatable bonds is 6. The Morgan fingerprint density at radius 3 is 1.94 bits per heavy atom. The lowest BCUT2D eigenvalue weighted by molar-refractivity contribution is 0.659. The Morgan fingerprint density at radius 2 is 1.08 bits per heavy atom. The van der Waals surface area contributed by atoms with Crippen LogP contribution in [0.4, 0.5) is 0 Å². The van der Waals surface area contributed by atoms with Gasteiger partial charge in [-0.2, -0.15) is 0 Å². The number of benzene rings is 10. The molecular weight excluding hydrogens is 771 g/mol. The summed E-state index contributed by atoms with van der Waals surface area (Å²) in [6.07, 6.45) is 3.31. The van der Waals surface area contributed by atoms with Gasteiger partial charge < -0.3 is 4.57 Å². The Bertz CT molecular complexity index is 3820. The quantitative estimate of drug-likeness (QED) is 0.147. The Labute approximate surface area is 373 Å². The lowest BCUT2D eigenvalue weighted by Gasteiger charge is -2.37. The van der Waals surface area contributed by atoms with Gasteiger partial charge in [-0.1, -0.05) is 202 Å². The third kappa shape index (κ3) is 4.58. The largest absolute Gasteiger partial charge is 0.309 e. The van der Waals surface area contributed by atoms with Gasteiger partial charge >= 0.3 is 0 Å². The summed E-state index contributed by atoms with van der Waals surface area (Å²) in [5, 5.41) is 7.98. The van der Waals surface area contributed by atoms with E-state index < -0.39 is 5.41 Å². The Hall–Kier alpha value is -7.74. The van der Waals surface area contributed by atoms with Gasteiger partial charge in [0.25, 0.3) is 0 Å². The van der Waals surface area contributed by atoms with E-state index in [-0.39, 0.29) is 5.41 Å². The van der Waals surface area contributed by atoms with Crippen molar-refractivity contribution in [3.05, 3.63) is 256 Å². The summed E-state index contributed by atoms with van der Waals surface area (Å²) in [5.41, 5.74) is 22.0. The topological polar surface area (TPSA) is 4.93 Å². The predicted molar refractivity (Wildman–Crippen MR) is 269 cm³/mol. The third-order valence-electron chi connectivity index (χ3n) is 15.2. The smallest absolute Gasteiger partial charge is 0.0726 e. The average Bonchev–Trinajstić information content (AvgIpc) is 3.93. The van der Waals surface area contributed by atoms with Crippen molar-refractivity contribution in [1.82, 2.24) is 4.57 Å². The fourth-order valence-corrected chi connectivity index (χ4v) is 12.7. The molecule has 1 heteroatoms. The zero-order valence-corrected chi connectivity index (χ0v) is 35.9. The van der Waals surface area contributed by atoms with Crippen molar-refractivity contribution < 1.29 is 0 Å². The molecular formula is C63H43N. The molecule has 1 heterocycles. The van der Waals surface area contributed by atoms with Gasteiger partial charge in [0.1, 0.15) is 0 Å². The molecule has 0 radical (unpaired) electrons. The molecule has 0 saturated heterocycles. The van der Waals surface area contributed by atoms with E-state index in [1.54, 1.807) is 0 Å². The van der Waals surface area contributed by atoms with Crippen LogP contribution in [-0.4, -0.2) is 4.57 Å². The molecule has 1 nitrogen and oxygen atoms in total. The minimum Gasteiger partial charge on any atom is -0.309 e. The summed E-state index contributed by atoms with van der Waals surface area (Å²) < 4.78 is 2.53.